The maximum absolute atomic E-state index is 12.3. The Morgan fingerprint density at radius 1 is 1.05 bits per heavy atom. The molecule has 94 valence electrons. The minimum Gasteiger partial charge on any atom is -0.488 e. The number of hydrogen-bond acceptors (Lipinski definition) is 2. The monoisotopic (exact) mass is 250 g/mol. The van der Waals surface area contributed by atoms with Gasteiger partial charge in [0, 0.05) is 5.57 Å². The molecule has 0 amide bonds. The summed E-state index contributed by atoms with van der Waals surface area (Å²) in [7, 11) is 0. The predicted octanol–water partition coefficient (Wildman–Crippen LogP) is 3.65. The van der Waals surface area contributed by atoms with Gasteiger partial charge in [-0.15, -0.1) is 0 Å². The van der Waals surface area contributed by atoms with Crippen molar-refractivity contribution in [3.8, 4) is 5.75 Å². The number of ketones is 1. The molecule has 0 unspecified atom stereocenters. The number of aryl methyl sites for hydroxylation is 1. The summed E-state index contributed by atoms with van der Waals surface area (Å²) in [5, 5.41) is 0. The molecule has 2 aromatic carbocycles. The first-order chi connectivity index (χ1) is 9.24. The van der Waals surface area contributed by atoms with Gasteiger partial charge in [0.1, 0.15) is 12.4 Å². The summed E-state index contributed by atoms with van der Waals surface area (Å²) in [4.78, 5) is 12.3. The van der Waals surface area contributed by atoms with Crippen LogP contribution < -0.4 is 4.74 Å². The molecule has 3 rings (SSSR count). The van der Waals surface area contributed by atoms with Crippen LogP contribution in [0.3, 0.4) is 0 Å². The van der Waals surface area contributed by atoms with Crippen molar-refractivity contribution >= 4 is 11.9 Å². The second kappa shape index (κ2) is 4.73. The number of benzene rings is 2. The van der Waals surface area contributed by atoms with E-state index in [9.17, 15) is 4.79 Å². The lowest BCUT2D eigenvalue weighted by Gasteiger charge is -2.18. The SMILES string of the molecule is Cc1ccc(/C=C2/COc3ccccc3C2=O)cc1. The molecule has 0 atom stereocenters. The maximum Gasteiger partial charge on any atom is 0.196 e. The summed E-state index contributed by atoms with van der Waals surface area (Å²) in [6, 6.07) is 15.5. The van der Waals surface area contributed by atoms with E-state index >= 15 is 0 Å². The second-order valence-electron chi connectivity index (χ2n) is 4.69. The normalized spacial score (nSPS) is 16.1. The van der Waals surface area contributed by atoms with E-state index in [2.05, 4.69) is 0 Å². The molecule has 19 heavy (non-hydrogen) atoms. The van der Waals surface area contributed by atoms with Crippen LogP contribution in [0.5, 0.6) is 5.75 Å². The smallest absolute Gasteiger partial charge is 0.196 e. The summed E-state index contributed by atoms with van der Waals surface area (Å²) in [6.45, 7) is 2.38. The van der Waals surface area contributed by atoms with E-state index in [0.29, 0.717) is 23.5 Å². The highest BCUT2D eigenvalue weighted by Gasteiger charge is 2.22. The van der Waals surface area contributed by atoms with E-state index in [4.69, 9.17) is 4.74 Å². The topological polar surface area (TPSA) is 26.3 Å². The van der Waals surface area contributed by atoms with Gasteiger partial charge in [0.25, 0.3) is 0 Å². The van der Waals surface area contributed by atoms with Crippen molar-refractivity contribution in [1.29, 1.82) is 0 Å². The average Bonchev–Trinajstić information content (AvgIpc) is 2.45. The van der Waals surface area contributed by atoms with Crippen LogP contribution in [-0.2, 0) is 0 Å². The Bertz CT molecular complexity index is 651. The van der Waals surface area contributed by atoms with Gasteiger partial charge in [-0.25, -0.2) is 0 Å². The third-order valence-corrected chi connectivity index (χ3v) is 3.22. The number of carbonyl (C=O) groups is 1. The molecule has 0 spiro atoms. The van der Waals surface area contributed by atoms with E-state index in [1.54, 1.807) is 6.07 Å². The molecular formula is C17H14O2. The molecule has 2 nitrogen and oxygen atoms in total. The fourth-order valence-corrected chi connectivity index (χ4v) is 2.15. The standard InChI is InChI=1S/C17H14O2/c1-12-6-8-13(9-7-12)10-14-11-19-16-5-3-2-4-15(16)17(14)18/h2-10H,11H2,1H3/b14-10-. The van der Waals surface area contributed by atoms with Gasteiger partial charge in [0.2, 0.25) is 0 Å². The lowest BCUT2D eigenvalue weighted by atomic mass is 9.98. The van der Waals surface area contributed by atoms with E-state index < -0.39 is 0 Å². The highest BCUT2D eigenvalue weighted by molar-refractivity contribution is 6.14. The summed E-state index contributed by atoms with van der Waals surface area (Å²) < 4.78 is 5.61. The third kappa shape index (κ3) is 2.29. The number of rotatable bonds is 1. The van der Waals surface area contributed by atoms with Crippen molar-refractivity contribution in [1.82, 2.24) is 0 Å². The molecule has 0 saturated carbocycles. The predicted molar refractivity (Wildman–Crippen MR) is 75.4 cm³/mol. The van der Waals surface area contributed by atoms with Gasteiger partial charge >= 0.3 is 0 Å². The van der Waals surface area contributed by atoms with Crippen LogP contribution in [-0.4, -0.2) is 12.4 Å². The summed E-state index contributed by atoms with van der Waals surface area (Å²) in [6.07, 6.45) is 1.90. The number of ether oxygens (including phenoxy) is 1. The van der Waals surface area contributed by atoms with Crippen LogP contribution in [0.4, 0.5) is 0 Å². The quantitative estimate of drug-likeness (QED) is 0.722. The van der Waals surface area contributed by atoms with Crippen molar-refractivity contribution < 1.29 is 9.53 Å². The minimum absolute atomic E-state index is 0.0578. The molecule has 1 heterocycles. The fourth-order valence-electron chi connectivity index (χ4n) is 2.15. The van der Waals surface area contributed by atoms with Crippen LogP contribution in [0.15, 0.2) is 54.1 Å². The number of carbonyl (C=O) groups excluding carboxylic acids is 1. The Kier molecular flexibility index (Phi) is 2.92. The number of Topliss-reactive ketones (excluding diaryl/α,β-unsaturated/α-hetero) is 1. The van der Waals surface area contributed by atoms with Crippen molar-refractivity contribution in [3.05, 3.63) is 70.8 Å². The summed E-state index contributed by atoms with van der Waals surface area (Å²) >= 11 is 0. The van der Waals surface area contributed by atoms with Gasteiger partial charge in [0.15, 0.2) is 5.78 Å². The second-order valence-corrected chi connectivity index (χ2v) is 4.69. The van der Waals surface area contributed by atoms with Crippen molar-refractivity contribution in [2.75, 3.05) is 6.61 Å². The van der Waals surface area contributed by atoms with E-state index in [0.717, 1.165) is 5.56 Å². The number of hydrogen-bond donors (Lipinski definition) is 0. The molecule has 0 aliphatic carbocycles. The molecule has 2 aromatic rings. The molecule has 1 aliphatic rings. The largest absolute Gasteiger partial charge is 0.488 e. The number of para-hydroxylation sites is 1. The van der Waals surface area contributed by atoms with Gasteiger partial charge < -0.3 is 4.74 Å². The fraction of sp³-hybridized carbons (Fsp3) is 0.118. The van der Waals surface area contributed by atoms with Crippen molar-refractivity contribution in [3.63, 3.8) is 0 Å². The molecule has 0 bridgehead atoms. The lowest BCUT2D eigenvalue weighted by Crippen LogP contribution is -2.18. The van der Waals surface area contributed by atoms with Crippen molar-refractivity contribution in [2.24, 2.45) is 0 Å². The molecule has 0 radical (unpaired) electrons. The van der Waals surface area contributed by atoms with E-state index in [1.165, 1.54) is 5.56 Å². The highest BCUT2D eigenvalue weighted by Crippen LogP contribution is 2.27. The average molecular weight is 250 g/mol. The van der Waals surface area contributed by atoms with E-state index in [1.807, 2.05) is 55.5 Å². The van der Waals surface area contributed by atoms with Crippen molar-refractivity contribution in [2.45, 2.75) is 6.92 Å². The Hall–Kier alpha value is -2.35. The highest BCUT2D eigenvalue weighted by atomic mass is 16.5. The van der Waals surface area contributed by atoms with Crippen LogP contribution in [0.1, 0.15) is 21.5 Å². The van der Waals surface area contributed by atoms with Crippen LogP contribution in [0, 0.1) is 6.92 Å². The lowest BCUT2D eigenvalue weighted by molar-refractivity contribution is 0.100. The summed E-state index contributed by atoms with van der Waals surface area (Å²) in [5.74, 6) is 0.732. The zero-order valence-corrected chi connectivity index (χ0v) is 10.7. The minimum atomic E-state index is 0.0578. The van der Waals surface area contributed by atoms with Gasteiger partial charge in [0.05, 0.1) is 5.56 Å². The summed E-state index contributed by atoms with van der Waals surface area (Å²) in [5.41, 5.74) is 3.57. The first-order valence-corrected chi connectivity index (χ1v) is 6.28. The van der Waals surface area contributed by atoms with Gasteiger partial charge in [-0.1, -0.05) is 42.0 Å². The van der Waals surface area contributed by atoms with Gasteiger partial charge in [-0.2, -0.15) is 0 Å². The van der Waals surface area contributed by atoms with Gasteiger partial charge in [-0.3, -0.25) is 4.79 Å². The zero-order valence-electron chi connectivity index (χ0n) is 10.7. The number of fused-ring (bicyclic) bond motifs is 1. The Morgan fingerprint density at radius 2 is 1.79 bits per heavy atom. The molecular weight excluding hydrogens is 236 g/mol. The van der Waals surface area contributed by atoms with E-state index in [-0.39, 0.29) is 5.78 Å². The molecule has 2 heteroatoms. The Balaban J connectivity index is 1.96. The van der Waals surface area contributed by atoms with Crippen LogP contribution in [0.25, 0.3) is 6.08 Å². The van der Waals surface area contributed by atoms with Gasteiger partial charge in [-0.05, 0) is 30.7 Å². The molecule has 0 saturated heterocycles. The molecule has 1 aliphatic heterocycles. The maximum atomic E-state index is 12.3. The molecule has 0 N–H and O–H groups in total. The molecule has 0 aromatic heterocycles. The zero-order chi connectivity index (χ0) is 13.2. The first kappa shape index (κ1) is 11.7. The third-order valence-electron chi connectivity index (χ3n) is 3.22. The van der Waals surface area contributed by atoms with Crippen LogP contribution >= 0.6 is 0 Å². The Labute approximate surface area is 112 Å². The first-order valence-electron chi connectivity index (χ1n) is 6.28. The Morgan fingerprint density at radius 3 is 2.58 bits per heavy atom. The molecule has 0 fully saturated rings. The van der Waals surface area contributed by atoms with Crippen LogP contribution in [0.2, 0.25) is 0 Å².